The molecule has 0 fully saturated rings. The van der Waals surface area contributed by atoms with Crippen molar-refractivity contribution < 1.29 is 9.53 Å². The fourth-order valence-electron chi connectivity index (χ4n) is 2.79. The van der Waals surface area contributed by atoms with Crippen molar-refractivity contribution in [2.45, 2.75) is 21.1 Å². The molecule has 4 nitrogen and oxygen atoms in total. The van der Waals surface area contributed by atoms with Crippen molar-refractivity contribution >= 4 is 56.7 Å². The van der Waals surface area contributed by atoms with Gasteiger partial charge in [-0.05, 0) is 49.4 Å². The summed E-state index contributed by atoms with van der Waals surface area (Å²) in [4.78, 5) is 19.3. The smallest absolute Gasteiger partial charge is 0.234 e. The topological polar surface area (TPSA) is 51.2 Å². The fourth-order valence-corrected chi connectivity index (χ4v) is 5.61. The molecule has 30 heavy (non-hydrogen) atoms. The summed E-state index contributed by atoms with van der Waals surface area (Å²) in [5.41, 5.74) is 1.75. The van der Waals surface area contributed by atoms with Crippen LogP contribution >= 0.6 is 34.9 Å². The summed E-state index contributed by atoms with van der Waals surface area (Å²) >= 11 is 4.66. The van der Waals surface area contributed by atoms with Crippen LogP contribution in [0.25, 0.3) is 10.2 Å². The van der Waals surface area contributed by atoms with E-state index < -0.39 is 0 Å². The van der Waals surface area contributed by atoms with Gasteiger partial charge in [0, 0.05) is 9.79 Å². The second-order valence-corrected chi connectivity index (χ2v) is 9.66. The predicted octanol–water partition coefficient (Wildman–Crippen LogP) is 6.58. The molecule has 0 spiro atoms. The molecule has 4 aromatic rings. The number of nitrogens with one attached hydrogen (secondary N) is 1. The number of benzene rings is 3. The van der Waals surface area contributed by atoms with E-state index in [1.54, 1.807) is 23.1 Å². The number of para-hydroxylation sites is 1. The Hall–Kier alpha value is -2.48. The average molecular weight is 453 g/mol. The molecule has 1 heterocycles. The highest BCUT2D eigenvalue weighted by atomic mass is 32.2. The molecule has 0 aliphatic heterocycles. The molecule has 0 aliphatic rings. The van der Waals surface area contributed by atoms with E-state index in [0.717, 1.165) is 35.8 Å². The molecular weight excluding hydrogens is 432 g/mol. The molecule has 4 rings (SSSR count). The molecule has 0 atom stereocenters. The van der Waals surface area contributed by atoms with Crippen LogP contribution in [0.2, 0.25) is 0 Å². The summed E-state index contributed by atoms with van der Waals surface area (Å²) in [7, 11) is 0. The van der Waals surface area contributed by atoms with Gasteiger partial charge in [0.25, 0.3) is 0 Å². The van der Waals surface area contributed by atoms with Crippen LogP contribution in [0.5, 0.6) is 5.75 Å². The number of amides is 1. The van der Waals surface area contributed by atoms with Crippen molar-refractivity contribution in [2.24, 2.45) is 0 Å². The summed E-state index contributed by atoms with van der Waals surface area (Å²) in [5.74, 6) is 1.11. The molecule has 3 aromatic carbocycles. The van der Waals surface area contributed by atoms with Gasteiger partial charge in [0.05, 0.1) is 28.3 Å². The lowest BCUT2D eigenvalue weighted by molar-refractivity contribution is -0.113. The van der Waals surface area contributed by atoms with E-state index in [2.05, 4.69) is 22.4 Å². The van der Waals surface area contributed by atoms with Crippen LogP contribution in [0.4, 0.5) is 5.69 Å². The van der Waals surface area contributed by atoms with Gasteiger partial charge in [-0.25, -0.2) is 4.98 Å². The Morgan fingerprint density at radius 2 is 1.87 bits per heavy atom. The van der Waals surface area contributed by atoms with E-state index in [9.17, 15) is 4.79 Å². The van der Waals surface area contributed by atoms with Crippen molar-refractivity contribution in [3.8, 4) is 5.75 Å². The predicted molar refractivity (Wildman–Crippen MR) is 127 cm³/mol. The zero-order valence-corrected chi connectivity index (χ0v) is 18.8. The highest BCUT2D eigenvalue weighted by Crippen LogP contribution is 2.34. The van der Waals surface area contributed by atoms with Crippen molar-refractivity contribution in [3.05, 3.63) is 72.8 Å². The lowest BCUT2D eigenvalue weighted by atomic mass is 10.3. The maximum absolute atomic E-state index is 12.6. The van der Waals surface area contributed by atoms with Crippen LogP contribution in [-0.4, -0.2) is 23.3 Å². The minimum atomic E-state index is -0.0460. The number of nitrogens with zero attached hydrogens (tertiary/aromatic N) is 1. The highest BCUT2D eigenvalue weighted by Gasteiger charge is 2.11. The molecule has 0 unspecified atom stereocenters. The number of anilines is 1. The Kier molecular flexibility index (Phi) is 6.94. The van der Waals surface area contributed by atoms with E-state index in [0.29, 0.717) is 12.4 Å². The SMILES string of the molecule is CCOc1ccc2nc(SCC(=O)Nc3ccccc3Sc3ccccc3)sc2c1. The first kappa shape index (κ1) is 20.8. The van der Waals surface area contributed by atoms with Gasteiger partial charge in [-0.15, -0.1) is 11.3 Å². The molecule has 0 bridgehead atoms. The Morgan fingerprint density at radius 3 is 2.70 bits per heavy atom. The van der Waals surface area contributed by atoms with Gasteiger partial charge in [-0.2, -0.15) is 0 Å². The third-order valence-corrected chi connectivity index (χ3v) is 7.36. The van der Waals surface area contributed by atoms with E-state index >= 15 is 0 Å². The zero-order valence-electron chi connectivity index (χ0n) is 16.3. The molecule has 0 saturated carbocycles. The first-order chi connectivity index (χ1) is 14.7. The molecule has 152 valence electrons. The molecule has 7 heteroatoms. The zero-order chi connectivity index (χ0) is 20.8. The number of hydrogen-bond donors (Lipinski definition) is 1. The Bertz CT molecular complexity index is 1150. The fraction of sp³-hybridized carbons (Fsp3) is 0.130. The average Bonchev–Trinajstić information content (AvgIpc) is 3.17. The summed E-state index contributed by atoms with van der Waals surface area (Å²) in [6.07, 6.45) is 0. The molecular formula is C23H20N2O2S3. The third kappa shape index (κ3) is 5.36. The number of rotatable bonds is 8. The van der Waals surface area contributed by atoms with Gasteiger partial charge in [0.15, 0.2) is 4.34 Å². The van der Waals surface area contributed by atoms with Crippen molar-refractivity contribution in [2.75, 3.05) is 17.7 Å². The molecule has 0 saturated heterocycles. The van der Waals surface area contributed by atoms with Crippen LogP contribution < -0.4 is 10.1 Å². The Labute approximate surface area is 188 Å². The van der Waals surface area contributed by atoms with Crippen LogP contribution in [0, 0.1) is 0 Å². The van der Waals surface area contributed by atoms with Crippen LogP contribution in [0.15, 0.2) is 86.9 Å². The molecule has 0 radical (unpaired) electrons. The Morgan fingerprint density at radius 1 is 1.07 bits per heavy atom. The first-order valence-electron chi connectivity index (χ1n) is 9.49. The number of thiazole rings is 1. The second-order valence-electron chi connectivity index (χ2n) is 6.29. The number of aromatic nitrogens is 1. The van der Waals surface area contributed by atoms with Gasteiger partial charge in [-0.1, -0.05) is 53.9 Å². The molecule has 1 aromatic heterocycles. The number of carbonyl (C=O) groups excluding carboxylic acids is 1. The summed E-state index contributed by atoms with van der Waals surface area (Å²) in [5, 5.41) is 3.04. The lowest BCUT2D eigenvalue weighted by Crippen LogP contribution is -2.14. The number of hydrogen-bond acceptors (Lipinski definition) is 6. The maximum Gasteiger partial charge on any atom is 0.234 e. The van der Waals surface area contributed by atoms with Crippen LogP contribution in [0.3, 0.4) is 0 Å². The summed E-state index contributed by atoms with van der Waals surface area (Å²) in [6.45, 7) is 2.60. The Balaban J connectivity index is 1.39. The van der Waals surface area contributed by atoms with E-state index in [1.807, 2.05) is 67.6 Å². The number of fused-ring (bicyclic) bond motifs is 1. The van der Waals surface area contributed by atoms with E-state index in [1.165, 1.54) is 11.8 Å². The lowest BCUT2D eigenvalue weighted by Gasteiger charge is -2.10. The first-order valence-corrected chi connectivity index (χ1v) is 12.1. The molecule has 1 N–H and O–H groups in total. The number of thioether (sulfide) groups is 1. The standard InChI is InChI=1S/C23H20N2O2S3/c1-2-27-16-12-13-19-21(14-16)30-23(25-19)28-15-22(26)24-18-10-6-7-11-20(18)29-17-8-4-3-5-9-17/h3-14H,2,15H2,1H3,(H,24,26). The van der Waals surface area contributed by atoms with E-state index in [4.69, 9.17) is 4.74 Å². The molecule has 1 amide bonds. The monoisotopic (exact) mass is 452 g/mol. The normalized spacial score (nSPS) is 10.8. The largest absolute Gasteiger partial charge is 0.494 e. The molecule has 0 aliphatic carbocycles. The maximum atomic E-state index is 12.6. The second kappa shape index (κ2) is 10.0. The van der Waals surface area contributed by atoms with Crippen molar-refractivity contribution in [1.29, 1.82) is 0 Å². The minimum Gasteiger partial charge on any atom is -0.494 e. The summed E-state index contributed by atoms with van der Waals surface area (Å²) in [6, 6.07) is 23.9. The van der Waals surface area contributed by atoms with Crippen molar-refractivity contribution in [1.82, 2.24) is 4.98 Å². The number of carbonyl (C=O) groups is 1. The minimum absolute atomic E-state index is 0.0460. The number of ether oxygens (including phenoxy) is 1. The van der Waals surface area contributed by atoms with Crippen molar-refractivity contribution in [3.63, 3.8) is 0 Å². The van der Waals surface area contributed by atoms with Gasteiger partial charge in [-0.3, -0.25) is 4.79 Å². The van der Waals surface area contributed by atoms with Gasteiger partial charge >= 0.3 is 0 Å². The quantitative estimate of drug-likeness (QED) is 0.306. The third-order valence-electron chi connectivity index (χ3n) is 4.11. The van der Waals surface area contributed by atoms with Crippen LogP contribution in [0.1, 0.15) is 6.92 Å². The van der Waals surface area contributed by atoms with Gasteiger partial charge in [0.2, 0.25) is 5.91 Å². The summed E-state index contributed by atoms with van der Waals surface area (Å²) < 4.78 is 7.49. The van der Waals surface area contributed by atoms with Gasteiger partial charge < -0.3 is 10.1 Å². The highest BCUT2D eigenvalue weighted by molar-refractivity contribution is 8.01. The van der Waals surface area contributed by atoms with E-state index in [-0.39, 0.29) is 5.91 Å². The van der Waals surface area contributed by atoms with Crippen LogP contribution in [-0.2, 0) is 4.79 Å². The van der Waals surface area contributed by atoms with Gasteiger partial charge in [0.1, 0.15) is 5.75 Å².